The highest BCUT2D eigenvalue weighted by Crippen LogP contribution is 2.23. The van der Waals surface area contributed by atoms with E-state index in [0.717, 1.165) is 36.1 Å². The van der Waals surface area contributed by atoms with Crippen LogP contribution in [0.2, 0.25) is 0 Å². The standard InChI is InChI=1S/C18H19FN2/c1-13-16(17-11-15(19)7-8-18(17)21-13)9-10-20-12-14-5-3-2-4-6-14/h2-8,11,20-21H,9-10,12H2,1H3. The number of aryl methyl sites for hydroxylation is 1. The van der Waals surface area contributed by atoms with Crippen molar-refractivity contribution in [2.24, 2.45) is 0 Å². The summed E-state index contributed by atoms with van der Waals surface area (Å²) in [6.07, 6.45) is 0.891. The number of fused-ring (bicyclic) bond motifs is 1. The van der Waals surface area contributed by atoms with Crippen LogP contribution in [-0.2, 0) is 13.0 Å². The minimum absolute atomic E-state index is 0.181. The van der Waals surface area contributed by atoms with E-state index in [1.54, 1.807) is 12.1 Å². The molecule has 0 saturated heterocycles. The normalized spacial score (nSPS) is 11.1. The third kappa shape index (κ3) is 3.14. The van der Waals surface area contributed by atoms with Crippen LogP contribution in [0.5, 0.6) is 0 Å². The molecular weight excluding hydrogens is 263 g/mol. The van der Waals surface area contributed by atoms with Gasteiger partial charge in [0.1, 0.15) is 5.82 Å². The fourth-order valence-electron chi connectivity index (χ4n) is 2.72. The fourth-order valence-corrected chi connectivity index (χ4v) is 2.72. The number of aromatic nitrogens is 1. The van der Waals surface area contributed by atoms with Gasteiger partial charge in [-0.3, -0.25) is 0 Å². The van der Waals surface area contributed by atoms with Crippen LogP contribution in [0.15, 0.2) is 48.5 Å². The number of aromatic amines is 1. The summed E-state index contributed by atoms with van der Waals surface area (Å²) < 4.78 is 13.4. The van der Waals surface area contributed by atoms with E-state index in [2.05, 4.69) is 22.4 Å². The lowest BCUT2D eigenvalue weighted by molar-refractivity contribution is 0.629. The minimum atomic E-state index is -0.181. The highest BCUT2D eigenvalue weighted by atomic mass is 19.1. The van der Waals surface area contributed by atoms with Crippen LogP contribution in [-0.4, -0.2) is 11.5 Å². The first kappa shape index (κ1) is 13.8. The van der Waals surface area contributed by atoms with Gasteiger partial charge in [-0.05, 0) is 49.2 Å². The van der Waals surface area contributed by atoms with Crippen LogP contribution in [0.3, 0.4) is 0 Å². The topological polar surface area (TPSA) is 27.8 Å². The quantitative estimate of drug-likeness (QED) is 0.681. The molecule has 1 aromatic heterocycles. The average molecular weight is 282 g/mol. The first-order valence-corrected chi connectivity index (χ1v) is 7.25. The van der Waals surface area contributed by atoms with Crippen LogP contribution in [0.25, 0.3) is 10.9 Å². The van der Waals surface area contributed by atoms with Crippen LogP contribution in [0.4, 0.5) is 4.39 Å². The molecule has 0 atom stereocenters. The Hall–Kier alpha value is -2.13. The van der Waals surface area contributed by atoms with E-state index in [9.17, 15) is 4.39 Å². The molecule has 3 rings (SSSR count). The summed E-state index contributed by atoms with van der Waals surface area (Å²) in [6.45, 7) is 3.78. The number of rotatable bonds is 5. The molecule has 2 aromatic carbocycles. The van der Waals surface area contributed by atoms with Gasteiger partial charge in [-0.15, -0.1) is 0 Å². The van der Waals surface area contributed by atoms with E-state index in [4.69, 9.17) is 0 Å². The maximum Gasteiger partial charge on any atom is 0.123 e. The number of hydrogen-bond acceptors (Lipinski definition) is 1. The molecule has 0 fully saturated rings. The summed E-state index contributed by atoms with van der Waals surface area (Å²) in [5, 5.41) is 4.43. The van der Waals surface area contributed by atoms with Gasteiger partial charge in [0.15, 0.2) is 0 Å². The average Bonchev–Trinajstić information content (AvgIpc) is 2.80. The van der Waals surface area contributed by atoms with Gasteiger partial charge in [0.05, 0.1) is 0 Å². The van der Waals surface area contributed by atoms with Crippen molar-refractivity contribution < 1.29 is 4.39 Å². The molecule has 2 N–H and O–H groups in total. The molecule has 2 nitrogen and oxygen atoms in total. The van der Waals surface area contributed by atoms with Gasteiger partial charge in [-0.1, -0.05) is 30.3 Å². The van der Waals surface area contributed by atoms with Crippen molar-refractivity contribution in [1.82, 2.24) is 10.3 Å². The van der Waals surface area contributed by atoms with Crippen LogP contribution in [0, 0.1) is 12.7 Å². The molecule has 0 bridgehead atoms. The lowest BCUT2D eigenvalue weighted by atomic mass is 10.1. The zero-order valence-corrected chi connectivity index (χ0v) is 12.1. The third-order valence-electron chi connectivity index (χ3n) is 3.81. The van der Waals surface area contributed by atoms with Crippen molar-refractivity contribution in [3.8, 4) is 0 Å². The van der Waals surface area contributed by atoms with Gasteiger partial charge in [0.2, 0.25) is 0 Å². The highest BCUT2D eigenvalue weighted by molar-refractivity contribution is 5.84. The van der Waals surface area contributed by atoms with E-state index < -0.39 is 0 Å². The largest absolute Gasteiger partial charge is 0.358 e. The predicted octanol–water partition coefficient (Wildman–Crippen LogP) is 3.95. The molecule has 3 aromatic rings. The van der Waals surface area contributed by atoms with Crippen molar-refractivity contribution >= 4 is 10.9 Å². The summed E-state index contributed by atoms with van der Waals surface area (Å²) >= 11 is 0. The summed E-state index contributed by atoms with van der Waals surface area (Å²) in [7, 11) is 0. The maximum absolute atomic E-state index is 13.4. The fraction of sp³-hybridized carbons (Fsp3) is 0.222. The van der Waals surface area contributed by atoms with E-state index in [1.807, 2.05) is 25.1 Å². The number of hydrogen-bond donors (Lipinski definition) is 2. The van der Waals surface area contributed by atoms with Gasteiger partial charge in [-0.2, -0.15) is 0 Å². The Balaban J connectivity index is 1.65. The summed E-state index contributed by atoms with van der Waals surface area (Å²) in [4.78, 5) is 3.32. The molecule has 1 heterocycles. The maximum atomic E-state index is 13.4. The van der Waals surface area contributed by atoms with Gasteiger partial charge in [-0.25, -0.2) is 4.39 Å². The molecule has 0 radical (unpaired) electrons. The van der Waals surface area contributed by atoms with Gasteiger partial charge in [0.25, 0.3) is 0 Å². The molecule has 0 aliphatic heterocycles. The van der Waals surface area contributed by atoms with E-state index in [-0.39, 0.29) is 5.82 Å². The summed E-state index contributed by atoms with van der Waals surface area (Å²) in [6, 6.07) is 15.2. The molecule has 0 unspecified atom stereocenters. The lowest BCUT2D eigenvalue weighted by Crippen LogP contribution is -2.16. The first-order valence-electron chi connectivity index (χ1n) is 7.25. The zero-order valence-electron chi connectivity index (χ0n) is 12.1. The Morgan fingerprint density at radius 3 is 2.71 bits per heavy atom. The summed E-state index contributed by atoms with van der Waals surface area (Å²) in [5.41, 5.74) is 4.60. The van der Waals surface area contributed by atoms with Crippen molar-refractivity contribution in [3.63, 3.8) is 0 Å². The van der Waals surface area contributed by atoms with Crippen molar-refractivity contribution in [1.29, 1.82) is 0 Å². The second kappa shape index (κ2) is 6.10. The minimum Gasteiger partial charge on any atom is -0.358 e. The van der Waals surface area contributed by atoms with Crippen molar-refractivity contribution in [2.75, 3.05) is 6.54 Å². The molecule has 0 spiro atoms. The molecule has 0 aliphatic rings. The zero-order chi connectivity index (χ0) is 14.7. The van der Waals surface area contributed by atoms with E-state index >= 15 is 0 Å². The molecule has 3 heteroatoms. The predicted molar refractivity (Wildman–Crippen MR) is 84.8 cm³/mol. The van der Waals surface area contributed by atoms with Crippen LogP contribution in [0.1, 0.15) is 16.8 Å². The van der Waals surface area contributed by atoms with Gasteiger partial charge in [0, 0.05) is 23.1 Å². The third-order valence-corrected chi connectivity index (χ3v) is 3.81. The SMILES string of the molecule is Cc1[nH]c2ccc(F)cc2c1CCNCc1ccccc1. The number of benzene rings is 2. The molecule has 0 saturated carbocycles. The Morgan fingerprint density at radius 2 is 1.90 bits per heavy atom. The summed E-state index contributed by atoms with van der Waals surface area (Å²) in [5.74, 6) is -0.181. The Morgan fingerprint density at radius 1 is 1.10 bits per heavy atom. The monoisotopic (exact) mass is 282 g/mol. The first-order chi connectivity index (χ1) is 10.2. The van der Waals surface area contributed by atoms with E-state index in [1.165, 1.54) is 17.2 Å². The Bertz CT molecular complexity index is 732. The molecule has 21 heavy (non-hydrogen) atoms. The van der Waals surface area contributed by atoms with Crippen molar-refractivity contribution in [2.45, 2.75) is 19.9 Å². The lowest BCUT2D eigenvalue weighted by Gasteiger charge is -2.05. The van der Waals surface area contributed by atoms with Gasteiger partial charge < -0.3 is 10.3 Å². The molecule has 108 valence electrons. The van der Waals surface area contributed by atoms with Crippen LogP contribution >= 0.6 is 0 Å². The molecular formula is C18H19FN2. The van der Waals surface area contributed by atoms with E-state index in [0.29, 0.717) is 0 Å². The highest BCUT2D eigenvalue weighted by Gasteiger charge is 2.08. The van der Waals surface area contributed by atoms with Gasteiger partial charge >= 0.3 is 0 Å². The Kier molecular flexibility index (Phi) is 4.02. The Labute approximate surface area is 124 Å². The molecule has 0 amide bonds. The number of halogens is 1. The van der Waals surface area contributed by atoms with Crippen molar-refractivity contribution in [3.05, 3.63) is 71.2 Å². The second-order valence-electron chi connectivity index (χ2n) is 5.33. The number of nitrogens with one attached hydrogen (secondary N) is 2. The second-order valence-corrected chi connectivity index (χ2v) is 5.33. The number of H-pyrrole nitrogens is 1. The van der Waals surface area contributed by atoms with Crippen LogP contribution < -0.4 is 5.32 Å². The molecule has 0 aliphatic carbocycles. The smallest absolute Gasteiger partial charge is 0.123 e.